The van der Waals surface area contributed by atoms with Crippen LogP contribution in [0.5, 0.6) is 0 Å². The maximum absolute atomic E-state index is 11.3. The van der Waals surface area contributed by atoms with Crippen LogP contribution in [0.4, 0.5) is 0 Å². The number of halogens is 1. The summed E-state index contributed by atoms with van der Waals surface area (Å²) in [6, 6.07) is 3.74. The van der Waals surface area contributed by atoms with E-state index in [9.17, 15) is 4.79 Å². The first-order valence-electron chi connectivity index (χ1n) is 3.97. The van der Waals surface area contributed by atoms with Gasteiger partial charge in [0.05, 0.1) is 5.56 Å². The summed E-state index contributed by atoms with van der Waals surface area (Å²) >= 11 is 1.60. The Hall–Kier alpha value is -0.580. The van der Waals surface area contributed by atoms with E-state index in [1.54, 1.807) is 29.1 Å². The van der Waals surface area contributed by atoms with Gasteiger partial charge in [0.1, 0.15) is 0 Å². The van der Waals surface area contributed by atoms with Crippen molar-refractivity contribution < 1.29 is 7.86 Å². The van der Waals surface area contributed by atoms with Gasteiger partial charge in [-0.2, -0.15) is 0 Å². The van der Waals surface area contributed by atoms with Gasteiger partial charge in [-0.25, -0.2) is 4.79 Å². The SMILES string of the molecule is Cc1ccc(C(=O)OI)c(C)c1C. The molecule has 0 aliphatic rings. The predicted molar refractivity (Wildman–Crippen MR) is 60.1 cm³/mol. The third kappa shape index (κ3) is 2.02. The predicted octanol–water partition coefficient (Wildman–Crippen LogP) is 3.12. The van der Waals surface area contributed by atoms with Gasteiger partial charge in [0.15, 0.2) is 23.0 Å². The Bertz CT molecular complexity index is 345. The van der Waals surface area contributed by atoms with Crippen LogP contribution in [0.2, 0.25) is 0 Å². The van der Waals surface area contributed by atoms with E-state index >= 15 is 0 Å². The van der Waals surface area contributed by atoms with Crippen molar-refractivity contribution in [3.63, 3.8) is 0 Å². The van der Waals surface area contributed by atoms with E-state index in [4.69, 9.17) is 0 Å². The molecule has 0 bridgehead atoms. The molecule has 0 unspecified atom stereocenters. The molecule has 0 spiro atoms. The molecule has 0 radical (unpaired) electrons. The fraction of sp³-hybridized carbons (Fsp3) is 0.300. The molecule has 0 atom stereocenters. The van der Waals surface area contributed by atoms with Crippen molar-refractivity contribution in [3.05, 3.63) is 34.4 Å². The van der Waals surface area contributed by atoms with E-state index < -0.39 is 0 Å². The third-order valence-corrected chi connectivity index (χ3v) is 2.75. The number of carbonyl (C=O) groups is 1. The van der Waals surface area contributed by atoms with Crippen molar-refractivity contribution >= 4 is 29.0 Å². The van der Waals surface area contributed by atoms with E-state index in [0.717, 1.165) is 11.1 Å². The number of rotatable bonds is 1. The van der Waals surface area contributed by atoms with Crippen LogP contribution in [0.25, 0.3) is 0 Å². The molecular formula is C10H11IO2. The van der Waals surface area contributed by atoms with Crippen LogP contribution in [-0.2, 0) is 3.07 Å². The lowest BCUT2D eigenvalue weighted by molar-refractivity contribution is 0.0799. The molecule has 0 heterocycles. The summed E-state index contributed by atoms with van der Waals surface area (Å²) in [6.07, 6.45) is 0. The van der Waals surface area contributed by atoms with Gasteiger partial charge in [0.25, 0.3) is 0 Å². The van der Waals surface area contributed by atoms with E-state index in [1.807, 2.05) is 26.8 Å². The van der Waals surface area contributed by atoms with Crippen molar-refractivity contribution in [1.29, 1.82) is 0 Å². The smallest absolute Gasteiger partial charge is 0.347 e. The standard InChI is InChI=1S/C10H11IO2/c1-6-4-5-9(10(12)13-11)8(3)7(6)2/h4-5H,1-3H3. The first-order chi connectivity index (χ1) is 6.07. The lowest BCUT2D eigenvalue weighted by Gasteiger charge is -2.08. The van der Waals surface area contributed by atoms with Crippen molar-refractivity contribution in [1.82, 2.24) is 0 Å². The number of hydrogen-bond donors (Lipinski definition) is 0. The minimum atomic E-state index is -0.277. The molecule has 1 aromatic carbocycles. The van der Waals surface area contributed by atoms with Gasteiger partial charge in [0, 0.05) is 0 Å². The number of hydrogen-bond acceptors (Lipinski definition) is 2. The molecule has 0 aliphatic heterocycles. The van der Waals surface area contributed by atoms with Crippen LogP contribution < -0.4 is 0 Å². The molecule has 0 aliphatic carbocycles. The third-order valence-electron chi connectivity index (χ3n) is 2.35. The maximum Gasteiger partial charge on any atom is 0.347 e. The number of benzene rings is 1. The molecule has 13 heavy (non-hydrogen) atoms. The van der Waals surface area contributed by atoms with Crippen molar-refractivity contribution in [2.45, 2.75) is 20.8 Å². The fourth-order valence-corrected chi connectivity index (χ4v) is 1.46. The second-order valence-corrected chi connectivity index (χ2v) is 3.49. The lowest BCUT2D eigenvalue weighted by Crippen LogP contribution is -2.03. The highest BCUT2D eigenvalue weighted by atomic mass is 127. The second-order valence-electron chi connectivity index (χ2n) is 3.04. The minimum Gasteiger partial charge on any atom is -0.391 e. The molecule has 70 valence electrons. The Kier molecular flexibility index (Phi) is 3.30. The molecule has 2 nitrogen and oxygen atoms in total. The molecule has 0 saturated heterocycles. The van der Waals surface area contributed by atoms with E-state index in [-0.39, 0.29) is 5.97 Å². The normalized spacial score (nSPS) is 9.85. The van der Waals surface area contributed by atoms with E-state index in [2.05, 4.69) is 3.07 Å². The van der Waals surface area contributed by atoms with Gasteiger partial charge in [-0.3, -0.25) is 0 Å². The summed E-state index contributed by atoms with van der Waals surface area (Å²) in [7, 11) is 0. The van der Waals surface area contributed by atoms with Crippen LogP contribution in [0, 0.1) is 20.8 Å². The van der Waals surface area contributed by atoms with Gasteiger partial charge in [-0.05, 0) is 43.5 Å². The molecule has 1 rings (SSSR count). The zero-order valence-electron chi connectivity index (χ0n) is 7.85. The summed E-state index contributed by atoms with van der Waals surface area (Å²) in [4.78, 5) is 11.3. The van der Waals surface area contributed by atoms with Crippen molar-refractivity contribution in [2.24, 2.45) is 0 Å². The summed E-state index contributed by atoms with van der Waals surface area (Å²) in [5, 5.41) is 0. The Morgan fingerprint density at radius 1 is 1.23 bits per heavy atom. The zero-order valence-corrected chi connectivity index (χ0v) is 10.0. The van der Waals surface area contributed by atoms with Gasteiger partial charge in [-0.1, -0.05) is 6.07 Å². The topological polar surface area (TPSA) is 26.3 Å². The summed E-state index contributed by atoms with van der Waals surface area (Å²) in [5.74, 6) is -0.277. The van der Waals surface area contributed by atoms with E-state index in [1.165, 1.54) is 5.56 Å². The first-order valence-corrected chi connectivity index (χ1v) is 4.85. The van der Waals surface area contributed by atoms with Crippen LogP contribution >= 0.6 is 23.0 Å². The highest BCUT2D eigenvalue weighted by Gasteiger charge is 2.11. The Balaban J connectivity index is 3.26. The summed E-state index contributed by atoms with van der Waals surface area (Å²) in [6.45, 7) is 5.97. The van der Waals surface area contributed by atoms with Gasteiger partial charge in [0.2, 0.25) is 0 Å². The van der Waals surface area contributed by atoms with Crippen LogP contribution in [0.15, 0.2) is 12.1 Å². The van der Waals surface area contributed by atoms with Gasteiger partial charge >= 0.3 is 5.97 Å². The first kappa shape index (κ1) is 10.5. The molecule has 3 heteroatoms. The molecule has 1 aromatic rings. The maximum atomic E-state index is 11.3. The quantitative estimate of drug-likeness (QED) is 0.743. The summed E-state index contributed by atoms with van der Waals surface area (Å²) in [5.41, 5.74) is 4.00. The summed E-state index contributed by atoms with van der Waals surface area (Å²) < 4.78 is 4.64. The fourth-order valence-electron chi connectivity index (χ4n) is 1.22. The van der Waals surface area contributed by atoms with Gasteiger partial charge < -0.3 is 3.07 Å². The van der Waals surface area contributed by atoms with Crippen molar-refractivity contribution in [3.8, 4) is 0 Å². The molecule has 0 saturated carbocycles. The molecule has 0 N–H and O–H groups in total. The average Bonchev–Trinajstić information content (AvgIpc) is 2.13. The molecule has 0 fully saturated rings. The van der Waals surface area contributed by atoms with Gasteiger partial charge in [-0.15, -0.1) is 0 Å². The molecular weight excluding hydrogens is 279 g/mol. The molecule has 0 aromatic heterocycles. The van der Waals surface area contributed by atoms with Crippen LogP contribution in [-0.4, -0.2) is 5.97 Å². The Morgan fingerprint density at radius 2 is 1.85 bits per heavy atom. The zero-order chi connectivity index (χ0) is 10.0. The Labute approximate surface area is 92.0 Å². The second kappa shape index (κ2) is 4.09. The van der Waals surface area contributed by atoms with Crippen LogP contribution in [0.1, 0.15) is 27.0 Å². The monoisotopic (exact) mass is 290 g/mol. The number of carbonyl (C=O) groups excluding carboxylic acids is 1. The highest BCUT2D eigenvalue weighted by Crippen LogP contribution is 2.18. The van der Waals surface area contributed by atoms with Crippen molar-refractivity contribution in [2.75, 3.05) is 0 Å². The lowest BCUT2D eigenvalue weighted by atomic mass is 9.99. The highest BCUT2D eigenvalue weighted by molar-refractivity contribution is 14.1. The minimum absolute atomic E-state index is 0.277. The largest absolute Gasteiger partial charge is 0.391 e. The number of aryl methyl sites for hydroxylation is 1. The average molecular weight is 290 g/mol. The van der Waals surface area contributed by atoms with Crippen LogP contribution in [0.3, 0.4) is 0 Å². The Morgan fingerprint density at radius 3 is 2.38 bits per heavy atom. The van der Waals surface area contributed by atoms with E-state index in [0.29, 0.717) is 5.56 Å². The molecule has 0 amide bonds.